The molecule has 4 rings (SSSR count). The van der Waals surface area contributed by atoms with E-state index in [9.17, 15) is 0 Å². The molecule has 0 spiro atoms. The Hall–Kier alpha value is -0.260. The molecule has 0 amide bonds. The second-order valence-electron chi connectivity index (χ2n) is 12.5. The molecule has 0 bridgehead atoms. The molecule has 28 heavy (non-hydrogen) atoms. The number of hydrogen-bond acceptors (Lipinski definition) is 0. The largest absolute Gasteiger partial charge is 0.0859 e. The van der Waals surface area contributed by atoms with Crippen LogP contribution < -0.4 is 0 Å². The van der Waals surface area contributed by atoms with Gasteiger partial charge in [0.05, 0.1) is 0 Å². The fraction of sp³-hybridized carbons (Fsp3) is 0.929. The van der Waals surface area contributed by atoms with Gasteiger partial charge in [-0.15, -0.1) is 0 Å². The van der Waals surface area contributed by atoms with Gasteiger partial charge in [-0.1, -0.05) is 52.2 Å². The van der Waals surface area contributed by atoms with Gasteiger partial charge in [0.25, 0.3) is 0 Å². The van der Waals surface area contributed by atoms with Crippen molar-refractivity contribution in [2.45, 2.75) is 112 Å². The molecule has 0 N–H and O–H groups in total. The van der Waals surface area contributed by atoms with Crippen LogP contribution in [-0.4, -0.2) is 0 Å². The lowest BCUT2D eigenvalue weighted by atomic mass is 9.40. The summed E-state index contributed by atoms with van der Waals surface area (Å²) >= 11 is 0. The smallest absolute Gasteiger partial charge is 0.0261 e. The highest BCUT2D eigenvalue weighted by Crippen LogP contribution is 2.70. The van der Waals surface area contributed by atoms with Crippen molar-refractivity contribution in [3.05, 3.63) is 11.6 Å². The molecular formula is C28H48. The molecule has 0 aromatic carbocycles. The summed E-state index contributed by atoms with van der Waals surface area (Å²) in [6.07, 6.45) is 19.0. The maximum atomic E-state index is 2.77. The van der Waals surface area contributed by atoms with Crippen molar-refractivity contribution in [2.24, 2.45) is 52.3 Å². The van der Waals surface area contributed by atoms with Crippen LogP contribution in [0, 0.1) is 52.3 Å². The van der Waals surface area contributed by atoms with Crippen molar-refractivity contribution in [3.8, 4) is 0 Å². The lowest BCUT2D eigenvalue weighted by Crippen LogP contribution is -2.57. The lowest BCUT2D eigenvalue weighted by molar-refractivity contribution is -0.155. The minimum absolute atomic E-state index is 0.652. The molecule has 0 aliphatic heterocycles. The normalized spacial score (nSPS) is 48.9. The fourth-order valence-corrected chi connectivity index (χ4v) is 9.63. The van der Waals surface area contributed by atoms with E-state index in [0.717, 1.165) is 41.4 Å². The molecule has 0 heterocycles. The third-order valence-electron chi connectivity index (χ3n) is 10.9. The van der Waals surface area contributed by atoms with Crippen molar-refractivity contribution in [1.82, 2.24) is 0 Å². The van der Waals surface area contributed by atoms with Gasteiger partial charge in [0.15, 0.2) is 0 Å². The Balaban J connectivity index is 1.50. The van der Waals surface area contributed by atoms with Gasteiger partial charge in [-0.3, -0.25) is 0 Å². The van der Waals surface area contributed by atoms with Crippen LogP contribution in [0.25, 0.3) is 0 Å². The average Bonchev–Trinajstić information content (AvgIpc) is 3.06. The first-order valence-electron chi connectivity index (χ1n) is 12.9. The van der Waals surface area contributed by atoms with E-state index in [1.807, 2.05) is 0 Å². The lowest BCUT2D eigenvalue weighted by Gasteiger charge is -2.64. The van der Waals surface area contributed by atoms with Crippen molar-refractivity contribution < 1.29 is 0 Å². The minimum Gasteiger partial charge on any atom is -0.0859 e. The zero-order valence-corrected chi connectivity index (χ0v) is 19.9. The van der Waals surface area contributed by atoms with Crippen molar-refractivity contribution in [2.75, 3.05) is 0 Å². The molecule has 0 aromatic rings. The summed E-state index contributed by atoms with van der Waals surface area (Å²) in [6.45, 7) is 15.2. The Morgan fingerprint density at radius 2 is 1.68 bits per heavy atom. The highest BCUT2D eigenvalue weighted by Gasteiger charge is 2.62. The molecule has 0 aromatic heterocycles. The zero-order chi connectivity index (χ0) is 20.1. The second kappa shape index (κ2) is 7.77. The third-order valence-corrected chi connectivity index (χ3v) is 10.9. The van der Waals surface area contributed by atoms with Crippen LogP contribution in [0.5, 0.6) is 0 Å². The summed E-state index contributed by atoms with van der Waals surface area (Å²) < 4.78 is 0. The molecule has 9 atom stereocenters. The van der Waals surface area contributed by atoms with Crippen LogP contribution in [0.1, 0.15) is 112 Å². The van der Waals surface area contributed by atoms with Crippen LogP contribution in [0.3, 0.4) is 0 Å². The Bertz CT molecular complexity index is 583. The SMILES string of the molecule is CC(C)=CCCC(C)C1CCC2C1CCC1C3(C)CCCC(C)C3CCC21C. The summed E-state index contributed by atoms with van der Waals surface area (Å²) in [6, 6.07) is 0. The fourth-order valence-electron chi connectivity index (χ4n) is 9.63. The van der Waals surface area contributed by atoms with E-state index in [1.54, 1.807) is 25.7 Å². The topological polar surface area (TPSA) is 0 Å². The van der Waals surface area contributed by atoms with Crippen LogP contribution in [-0.2, 0) is 0 Å². The third kappa shape index (κ3) is 3.33. The first-order chi connectivity index (χ1) is 13.3. The van der Waals surface area contributed by atoms with Crippen molar-refractivity contribution in [1.29, 1.82) is 0 Å². The summed E-state index contributed by atoms with van der Waals surface area (Å²) in [4.78, 5) is 0. The highest BCUT2D eigenvalue weighted by atomic mass is 14.7. The first kappa shape index (κ1) is 21.0. The predicted molar refractivity (Wildman–Crippen MR) is 122 cm³/mol. The molecule has 9 unspecified atom stereocenters. The van der Waals surface area contributed by atoms with E-state index < -0.39 is 0 Å². The van der Waals surface area contributed by atoms with Crippen LogP contribution in [0.2, 0.25) is 0 Å². The molecule has 0 nitrogen and oxygen atoms in total. The maximum absolute atomic E-state index is 2.77. The average molecular weight is 385 g/mol. The molecule has 4 fully saturated rings. The predicted octanol–water partition coefficient (Wildman–Crippen LogP) is 8.66. The van der Waals surface area contributed by atoms with Gasteiger partial charge in [-0.05, 0) is 124 Å². The van der Waals surface area contributed by atoms with Gasteiger partial charge in [-0.25, -0.2) is 0 Å². The van der Waals surface area contributed by atoms with Crippen molar-refractivity contribution in [3.63, 3.8) is 0 Å². The summed E-state index contributed by atoms with van der Waals surface area (Å²) in [5, 5.41) is 0. The van der Waals surface area contributed by atoms with Gasteiger partial charge in [-0.2, -0.15) is 0 Å². The number of rotatable bonds is 4. The summed E-state index contributed by atoms with van der Waals surface area (Å²) in [5.41, 5.74) is 2.80. The van der Waals surface area contributed by atoms with Gasteiger partial charge in [0.2, 0.25) is 0 Å². The quantitative estimate of drug-likeness (QED) is 0.425. The summed E-state index contributed by atoms with van der Waals surface area (Å²) in [7, 11) is 0. The number of fused-ring (bicyclic) bond motifs is 5. The molecular weight excluding hydrogens is 336 g/mol. The van der Waals surface area contributed by atoms with E-state index >= 15 is 0 Å². The standard InChI is InChI=1S/C28H48/c1-19(2)9-7-10-20(3)22-12-14-25-23(22)13-15-26-27(5)17-8-11-21(4)24(27)16-18-28(25,26)6/h9,20-26H,7-8,10-18H2,1-6H3. The van der Waals surface area contributed by atoms with Gasteiger partial charge in [0.1, 0.15) is 0 Å². The first-order valence-corrected chi connectivity index (χ1v) is 12.9. The zero-order valence-electron chi connectivity index (χ0n) is 19.9. The van der Waals surface area contributed by atoms with E-state index in [2.05, 4.69) is 47.6 Å². The van der Waals surface area contributed by atoms with Gasteiger partial charge >= 0.3 is 0 Å². The van der Waals surface area contributed by atoms with E-state index in [1.165, 1.54) is 50.5 Å². The Labute approximate surface area is 176 Å². The molecule has 4 aliphatic rings. The maximum Gasteiger partial charge on any atom is -0.0261 e. The monoisotopic (exact) mass is 384 g/mol. The second-order valence-corrected chi connectivity index (χ2v) is 12.5. The number of allylic oxidation sites excluding steroid dienone is 2. The molecule has 4 aliphatic carbocycles. The van der Waals surface area contributed by atoms with Crippen molar-refractivity contribution >= 4 is 0 Å². The van der Waals surface area contributed by atoms with E-state index in [-0.39, 0.29) is 0 Å². The van der Waals surface area contributed by atoms with Gasteiger partial charge < -0.3 is 0 Å². The van der Waals surface area contributed by atoms with Gasteiger partial charge in [0, 0.05) is 0 Å². The molecule has 4 saturated carbocycles. The van der Waals surface area contributed by atoms with Crippen LogP contribution >= 0.6 is 0 Å². The van der Waals surface area contributed by atoms with Crippen LogP contribution in [0.15, 0.2) is 11.6 Å². The minimum atomic E-state index is 0.652. The van der Waals surface area contributed by atoms with E-state index in [0.29, 0.717) is 10.8 Å². The summed E-state index contributed by atoms with van der Waals surface area (Å²) in [5.74, 6) is 7.05. The Morgan fingerprint density at radius 3 is 2.43 bits per heavy atom. The van der Waals surface area contributed by atoms with E-state index in [4.69, 9.17) is 0 Å². The Kier molecular flexibility index (Phi) is 5.83. The molecule has 0 heteroatoms. The van der Waals surface area contributed by atoms with Crippen LogP contribution in [0.4, 0.5) is 0 Å². The Morgan fingerprint density at radius 1 is 0.929 bits per heavy atom. The highest BCUT2D eigenvalue weighted by molar-refractivity contribution is 5.11. The number of hydrogen-bond donors (Lipinski definition) is 0. The molecule has 0 radical (unpaired) electrons. The molecule has 160 valence electrons. The molecule has 0 saturated heterocycles.